The first-order valence-electron chi connectivity index (χ1n) is 7.95. The summed E-state index contributed by atoms with van der Waals surface area (Å²) in [6.07, 6.45) is -4.01. The maximum Gasteiger partial charge on any atom is 0.416 e. The van der Waals surface area contributed by atoms with Gasteiger partial charge in [-0.05, 0) is 18.1 Å². The van der Waals surface area contributed by atoms with Crippen LogP contribution in [0.15, 0.2) is 57.2 Å². The van der Waals surface area contributed by atoms with E-state index in [1.165, 1.54) is 6.07 Å². The van der Waals surface area contributed by atoms with Crippen LogP contribution in [0.25, 0.3) is 0 Å². The van der Waals surface area contributed by atoms with Gasteiger partial charge in [0, 0.05) is 11.3 Å². The number of rotatable bonds is 2. The van der Waals surface area contributed by atoms with Crippen LogP contribution in [0.2, 0.25) is 0 Å². The van der Waals surface area contributed by atoms with Crippen LogP contribution in [-0.4, -0.2) is 19.0 Å². The fraction of sp³-hybridized carbons (Fsp3) is 0.353. The molecule has 2 N–H and O–H groups in total. The van der Waals surface area contributed by atoms with E-state index >= 15 is 0 Å². The van der Waals surface area contributed by atoms with Gasteiger partial charge < -0.3 is 10.6 Å². The molecule has 8 heteroatoms. The Morgan fingerprint density at radius 1 is 1.32 bits per heavy atom. The Balaban J connectivity index is 1.97. The first-order chi connectivity index (χ1) is 11.9. The molecule has 4 rings (SSSR count). The quantitative estimate of drug-likeness (QED) is 0.863. The third kappa shape index (κ3) is 2.13. The largest absolute Gasteiger partial charge is 0.416 e. The van der Waals surface area contributed by atoms with Gasteiger partial charge >= 0.3 is 6.18 Å². The minimum Gasteiger partial charge on any atom is -0.347 e. The third-order valence-corrected chi connectivity index (χ3v) is 5.06. The van der Waals surface area contributed by atoms with Gasteiger partial charge in [0.05, 0.1) is 29.6 Å². The number of azo groups is 1. The van der Waals surface area contributed by atoms with Crippen molar-refractivity contribution in [3.63, 3.8) is 0 Å². The van der Waals surface area contributed by atoms with E-state index in [4.69, 9.17) is 0 Å². The molecule has 3 heterocycles. The molecule has 3 aliphatic rings. The van der Waals surface area contributed by atoms with Crippen LogP contribution in [0.4, 0.5) is 13.2 Å². The fourth-order valence-corrected chi connectivity index (χ4v) is 3.96. The summed E-state index contributed by atoms with van der Waals surface area (Å²) in [5, 5.41) is 14.0. The number of carbonyl (C=O) groups excluding carboxylic acids is 1. The highest BCUT2D eigenvalue weighted by molar-refractivity contribution is 6.01. The molecule has 3 aliphatic heterocycles. The second kappa shape index (κ2) is 5.18. The lowest BCUT2D eigenvalue weighted by Crippen LogP contribution is -2.41. The van der Waals surface area contributed by atoms with E-state index < -0.39 is 17.2 Å². The molecule has 0 aliphatic carbocycles. The normalized spacial score (nSPS) is 25.0. The van der Waals surface area contributed by atoms with Gasteiger partial charge in [-0.15, -0.1) is 5.11 Å². The lowest BCUT2D eigenvalue weighted by atomic mass is 9.65. The number of hydrogen-bond acceptors (Lipinski definition) is 4. The second-order valence-corrected chi connectivity index (χ2v) is 6.23. The number of carbonyl (C=O) groups is 1. The van der Waals surface area contributed by atoms with Gasteiger partial charge in [0.25, 0.3) is 5.91 Å². The molecule has 0 fully saturated rings. The summed E-state index contributed by atoms with van der Waals surface area (Å²) < 4.78 is 39.7. The van der Waals surface area contributed by atoms with Crippen LogP contribution in [0.5, 0.6) is 0 Å². The average Bonchev–Trinajstić information content (AvgIpc) is 3.20. The zero-order valence-electron chi connectivity index (χ0n) is 13.4. The number of hydrogen-bond donors (Lipinski definition) is 2. The van der Waals surface area contributed by atoms with Gasteiger partial charge in [0.15, 0.2) is 5.82 Å². The number of benzene rings is 1. The van der Waals surface area contributed by atoms with Crippen LogP contribution in [0.3, 0.4) is 0 Å². The monoisotopic (exact) mass is 348 g/mol. The molecular formula is C17H15F3N4O. The summed E-state index contributed by atoms with van der Waals surface area (Å²) in [7, 11) is 0. The van der Waals surface area contributed by atoms with Crippen molar-refractivity contribution in [2.45, 2.75) is 24.9 Å². The van der Waals surface area contributed by atoms with Crippen molar-refractivity contribution in [3.8, 4) is 0 Å². The Morgan fingerprint density at radius 2 is 2.12 bits per heavy atom. The molecule has 0 spiro atoms. The Kier molecular flexibility index (Phi) is 3.28. The highest BCUT2D eigenvalue weighted by Gasteiger charge is 2.50. The van der Waals surface area contributed by atoms with Gasteiger partial charge in [-0.1, -0.05) is 25.1 Å². The van der Waals surface area contributed by atoms with Crippen molar-refractivity contribution in [3.05, 3.63) is 58.1 Å². The lowest BCUT2D eigenvalue weighted by molar-refractivity contribution is -0.137. The van der Waals surface area contributed by atoms with Crippen molar-refractivity contribution in [2.75, 3.05) is 13.1 Å². The van der Waals surface area contributed by atoms with E-state index in [1.54, 1.807) is 6.07 Å². The lowest BCUT2D eigenvalue weighted by Gasteiger charge is -2.39. The van der Waals surface area contributed by atoms with E-state index in [0.29, 0.717) is 35.6 Å². The van der Waals surface area contributed by atoms with Crippen molar-refractivity contribution in [2.24, 2.45) is 10.2 Å². The highest BCUT2D eigenvalue weighted by Crippen LogP contribution is 2.50. The van der Waals surface area contributed by atoms with Gasteiger partial charge in [-0.2, -0.15) is 18.3 Å². The molecule has 130 valence electrons. The molecule has 0 radical (unpaired) electrons. The van der Waals surface area contributed by atoms with Crippen LogP contribution in [-0.2, 0) is 16.4 Å². The molecule has 0 saturated carbocycles. The molecule has 0 bridgehead atoms. The van der Waals surface area contributed by atoms with Gasteiger partial charge in [0.2, 0.25) is 0 Å². The topological polar surface area (TPSA) is 65.8 Å². The second-order valence-electron chi connectivity index (χ2n) is 6.23. The maximum absolute atomic E-state index is 13.2. The van der Waals surface area contributed by atoms with Crippen molar-refractivity contribution in [1.29, 1.82) is 0 Å². The number of nitrogens with one attached hydrogen (secondary N) is 2. The molecule has 1 atom stereocenters. The Morgan fingerprint density at radius 3 is 2.84 bits per heavy atom. The predicted molar refractivity (Wildman–Crippen MR) is 83.3 cm³/mol. The Bertz CT molecular complexity index is 869. The number of dihydropyridines is 1. The Hall–Kier alpha value is -2.64. The summed E-state index contributed by atoms with van der Waals surface area (Å²) in [6, 6.07) is 5.20. The Labute approximate surface area is 141 Å². The predicted octanol–water partition coefficient (Wildman–Crippen LogP) is 3.02. The SMILES string of the molecule is CC[C@]1(c2cccc(C(F)(F)F)c2)C2=C(N=NC2)NC2=C1C(=O)NC2. The van der Waals surface area contributed by atoms with E-state index in [-0.39, 0.29) is 12.5 Å². The molecule has 1 aromatic rings. The molecule has 1 aromatic carbocycles. The minimum absolute atomic E-state index is 0.260. The van der Waals surface area contributed by atoms with Crippen LogP contribution in [0, 0.1) is 0 Å². The highest BCUT2D eigenvalue weighted by atomic mass is 19.4. The number of alkyl halides is 3. The smallest absolute Gasteiger partial charge is 0.347 e. The summed E-state index contributed by atoms with van der Waals surface area (Å²) in [6.45, 7) is 2.43. The summed E-state index contributed by atoms with van der Waals surface area (Å²) >= 11 is 0. The molecule has 25 heavy (non-hydrogen) atoms. The van der Waals surface area contributed by atoms with Crippen molar-refractivity contribution >= 4 is 5.91 Å². The molecular weight excluding hydrogens is 333 g/mol. The number of nitrogens with zero attached hydrogens (tertiary/aromatic N) is 2. The summed E-state index contributed by atoms with van der Waals surface area (Å²) in [4.78, 5) is 12.5. The van der Waals surface area contributed by atoms with Crippen LogP contribution in [0.1, 0.15) is 24.5 Å². The summed E-state index contributed by atoms with van der Waals surface area (Å²) in [5.74, 6) is 0.273. The average molecular weight is 348 g/mol. The zero-order chi connectivity index (χ0) is 17.8. The van der Waals surface area contributed by atoms with Gasteiger partial charge in [-0.3, -0.25) is 4.79 Å². The zero-order valence-corrected chi connectivity index (χ0v) is 13.4. The standard InChI is InChI=1S/C17H15F3N4O/c1-2-16(9-4-3-5-10(6-9)17(18,19)20)11-7-22-24-14(11)23-12-8-21-15(25)13(12)16/h3-6,23H,2,7-8H2,1H3,(H,21,25)/t16-/m0/s1. The van der Waals surface area contributed by atoms with Crippen molar-refractivity contribution in [1.82, 2.24) is 10.6 Å². The van der Waals surface area contributed by atoms with Crippen LogP contribution < -0.4 is 10.6 Å². The van der Waals surface area contributed by atoms with E-state index in [1.807, 2.05) is 6.92 Å². The number of amides is 1. The molecule has 0 saturated heterocycles. The number of halogens is 3. The fourth-order valence-electron chi connectivity index (χ4n) is 3.96. The van der Waals surface area contributed by atoms with Crippen molar-refractivity contribution < 1.29 is 18.0 Å². The van der Waals surface area contributed by atoms with Crippen LogP contribution >= 0.6 is 0 Å². The summed E-state index contributed by atoms with van der Waals surface area (Å²) in [5.41, 5.74) is 0.623. The molecule has 5 nitrogen and oxygen atoms in total. The molecule has 1 amide bonds. The first-order valence-corrected chi connectivity index (χ1v) is 7.95. The molecule has 0 aromatic heterocycles. The van der Waals surface area contributed by atoms with E-state index in [0.717, 1.165) is 17.7 Å². The van der Waals surface area contributed by atoms with E-state index in [2.05, 4.69) is 20.9 Å². The third-order valence-electron chi connectivity index (χ3n) is 5.06. The van der Waals surface area contributed by atoms with Gasteiger partial charge in [0.1, 0.15) is 0 Å². The maximum atomic E-state index is 13.2. The minimum atomic E-state index is -4.45. The first kappa shape index (κ1) is 15.9. The molecule has 0 unspecified atom stereocenters. The van der Waals surface area contributed by atoms with E-state index in [9.17, 15) is 18.0 Å². The van der Waals surface area contributed by atoms with Gasteiger partial charge in [-0.25, -0.2) is 0 Å².